The Labute approximate surface area is 182 Å². The third kappa shape index (κ3) is 5.22. The molecule has 0 radical (unpaired) electrons. The van der Waals surface area contributed by atoms with Crippen LogP contribution in [0.2, 0.25) is 0 Å². The minimum absolute atomic E-state index is 0.0702. The molecule has 0 heterocycles. The van der Waals surface area contributed by atoms with Crippen molar-refractivity contribution in [1.82, 2.24) is 5.32 Å². The standard InChI is InChI=1S/C22H27N3O5S/c1-15(18-12-11-17-7-4-5-8-19(17)13-18)23-22(26)16(2)24(31(3,29)30)20-9-6-10-21(14-20)25(27)28/h6,9-16H,4-5,7-8H2,1-3H3,(H,23,26)/t15-,16-/m0/s1. The van der Waals surface area contributed by atoms with E-state index in [4.69, 9.17) is 0 Å². The summed E-state index contributed by atoms with van der Waals surface area (Å²) in [5.74, 6) is -0.484. The Morgan fingerprint density at radius 1 is 1.10 bits per heavy atom. The van der Waals surface area contributed by atoms with Gasteiger partial charge in [-0.1, -0.05) is 24.3 Å². The molecule has 31 heavy (non-hydrogen) atoms. The summed E-state index contributed by atoms with van der Waals surface area (Å²) in [5, 5.41) is 14.0. The van der Waals surface area contributed by atoms with Gasteiger partial charge in [0, 0.05) is 12.1 Å². The number of carbonyl (C=O) groups is 1. The lowest BCUT2D eigenvalue weighted by atomic mass is 9.89. The van der Waals surface area contributed by atoms with Crippen LogP contribution in [0, 0.1) is 10.1 Å². The Morgan fingerprint density at radius 3 is 2.42 bits per heavy atom. The zero-order valence-electron chi connectivity index (χ0n) is 17.9. The molecule has 8 nitrogen and oxygen atoms in total. The summed E-state index contributed by atoms with van der Waals surface area (Å²) in [7, 11) is -3.87. The van der Waals surface area contributed by atoms with Gasteiger partial charge in [-0.2, -0.15) is 0 Å². The molecule has 0 fully saturated rings. The van der Waals surface area contributed by atoms with Crippen molar-refractivity contribution in [3.05, 3.63) is 69.3 Å². The van der Waals surface area contributed by atoms with Crippen LogP contribution in [-0.4, -0.2) is 31.5 Å². The molecule has 1 amide bonds. The molecule has 166 valence electrons. The molecule has 0 unspecified atom stereocenters. The van der Waals surface area contributed by atoms with Crippen molar-refractivity contribution in [2.75, 3.05) is 10.6 Å². The van der Waals surface area contributed by atoms with Crippen molar-refractivity contribution in [3.63, 3.8) is 0 Å². The lowest BCUT2D eigenvalue weighted by Crippen LogP contribution is -2.48. The van der Waals surface area contributed by atoms with Crippen LogP contribution in [-0.2, 0) is 27.7 Å². The highest BCUT2D eigenvalue weighted by Gasteiger charge is 2.31. The van der Waals surface area contributed by atoms with Crippen molar-refractivity contribution in [3.8, 4) is 0 Å². The number of non-ortho nitro benzene ring substituents is 1. The number of hydrogen-bond acceptors (Lipinski definition) is 5. The summed E-state index contributed by atoms with van der Waals surface area (Å²) < 4.78 is 25.8. The van der Waals surface area contributed by atoms with E-state index in [9.17, 15) is 23.3 Å². The normalized spacial score (nSPS) is 15.5. The van der Waals surface area contributed by atoms with E-state index in [0.29, 0.717) is 0 Å². The van der Waals surface area contributed by atoms with Crippen molar-refractivity contribution in [1.29, 1.82) is 0 Å². The Bertz CT molecular complexity index is 1100. The molecule has 0 aromatic heterocycles. The van der Waals surface area contributed by atoms with Gasteiger partial charge in [0.1, 0.15) is 6.04 Å². The molecule has 3 rings (SSSR count). The number of benzene rings is 2. The first-order valence-electron chi connectivity index (χ1n) is 10.2. The number of carbonyl (C=O) groups excluding carboxylic acids is 1. The van der Waals surface area contributed by atoms with Gasteiger partial charge in [-0.15, -0.1) is 0 Å². The van der Waals surface area contributed by atoms with Gasteiger partial charge in [-0.25, -0.2) is 8.42 Å². The third-order valence-electron chi connectivity index (χ3n) is 5.61. The highest BCUT2D eigenvalue weighted by Crippen LogP contribution is 2.27. The molecule has 0 aliphatic heterocycles. The van der Waals surface area contributed by atoms with Crippen molar-refractivity contribution < 1.29 is 18.1 Å². The number of amides is 1. The number of aryl methyl sites for hydroxylation is 2. The molecule has 9 heteroatoms. The van der Waals surface area contributed by atoms with Crippen LogP contribution >= 0.6 is 0 Å². The van der Waals surface area contributed by atoms with Crippen molar-refractivity contribution in [2.24, 2.45) is 0 Å². The Morgan fingerprint density at radius 2 is 1.77 bits per heavy atom. The lowest BCUT2D eigenvalue weighted by molar-refractivity contribution is -0.384. The molecule has 2 aromatic carbocycles. The summed E-state index contributed by atoms with van der Waals surface area (Å²) in [6.45, 7) is 3.32. The fraction of sp³-hybridized carbons (Fsp3) is 0.409. The minimum atomic E-state index is -3.87. The monoisotopic (exact) mass is 445 g/mol. The minimum Gasteiger partial charge on any atom is -0.348 e. The van der Waals surface area contributed by atoms with Gasteiger partial charge in [0.05, 0.1) is 22.9 Å². The average Bonchev–Trinajstić information content (AvgIpc) is 2.72. The highest BCUT2D eigenvalue weighted by atomic mass is 32.2. The van der Waals surface area contributed by atoms with E-state index in [1.54, 1.807) is 0 Å². The first-order valence-corrected chi connectivity index (χ1v) is 12.1. The second-order valence-electron chi connectivity index (χ2n) is 7.98. The number of rotatable bonds is 7. The van der Waals surface area contributed by atoms with Gasteiger partial charge in [0.2, 0.25) is 15.9 Å². The first kappa shape index (κ1) is 22.7. The summed E-state index contributed by atoms with van der Waals surface area (Å²) in [6.07, 6.45) is 5.41. The number of hydrogen-bond donors (Lipinski definition) is 1. The molecule has 0 spiro atoms. The van der Waals surface area contributed by atoms with Crippen LogP contribution in [0.4, 0.5) is 11.4 Å². The largest absolute Gasteiger partial charge is 0.348 e. The summed E-state index contributed by atoms with van der Waals surface area (Å²) in [5.41, 5.74) is 3.42. The highest BCUT2D eigenvalue weighted by molar-refractivity contribution is 7.92. The maximum atomic E-state index is 12.9. The smallest absolute Gasteiger partial charge is 0.271 e. The summed E-state index contributed by atoms with van der Waals surface area (Å²) in [6, 6.07) is 10.1. The van der Waals surface area contributed by atoms with Crippen molar-refractivity contribution in [2.45, 2.75) is 51.6 Å². The fourth-order valence-electron chi connectivity index (χ4n) is 3.99. The second-order valence-corrected chi connectivity index (χ2v) is 9.84. The van der Waals surface area contributed by atoms with Crippen LogP contribution in [0.3, 0.4) is 0 Å². The van der Waals surface area contributed by atoms with Gasteiger partial charge in [0.25, 0.3) is 5.69 Å². The zero-order chi connectivity index (χ0) is 22.8. The molecule has 2 atom stereocenters. The lowest BCUT2D eigenvalue weighted by Gasteiger charge is -2.29. The first-order chi connectivity index (χ1) is 14.6. The van der Waals surface area contributed by atoms with E-state index >= 15 is 0 Å². The third-order valence-corrected chi connectivity index (χ3v) is 6.86. The van der Waals surface area contributed by atoms with Crippen LogP contribution < -0.4 is 9.62 Å². The number of sulfonamides is 1. The predicted molar refractivity (Wildman–Crippen MR) is 120 cm³/mol. The number of nitro groups is 1. The maximum Gasteiger partial charge on any atom is 0.271 e. The molecule has 1 N–H and O–H groups in total. The molecular formula is C22H27N3O5S. The van der Waals surface area contributed by atoms with E-state index in [0.717, 1.165) is 41.5 Å². The maximum absolute atomic E-state index is 12.9. The van der Waals surface area contributed by atoms with E-state index in [1.807, 2.05) is 13.0 Å². The van der Waals surface area contributed by atoms with Gasteiger partial charge < -0.3 is 5.32 Å². The molecule has 0 saturated carbocycles. The van der Waals surface area contributed by atoms with Crippen LogP contribution in [0.5, 0.6) is 0 Å². The van der Waals surface area contributed by atoms with E-state index < -0.39 is 26.9 Å². The van der Waals surface area contributed by atoms with Gasteiger partial charge in [-0.3, -0.25) is 19.2 Å². The molecule has 0 saturated heterocycles. The summed E-state index contributed by atoms with van der Waals surface area (Å²) >= 11 is 0. The molecular weight excluding hydrogens is 418 g/mol. The number of fused-ring (bicyclic) bond motifs is 1. The van der Waals surface area contributed by atoms with E-state index in [2.05, 4.69) is 17.4 Å². The van der Waals surface area contributed by atoms with Crippen molar-refractivity contribution >= 4 is 27.3 Å². The number of anilines is 1. The molecule has 2 aromatic rings. The molecule has 1 aliphatic rings. The van der Waals surface area contributed by atoms with Gasteiger partial charge in [0.15, 0.2) is 0 Å². The fourth-order valence-corrected chi connectivity index (χ4v) is 5.16. The Kier molecular flexibility index (Phi) is 6.64. The van der Waals surface area contributed by atoms with E-state index in [1.165, 1.54) is 42.7 Å². The quantitative estimate of drug-likeness (QED) is 0.518. The van der Waals surface area contributed by atoms with Gasteiger partial charge in [-0.05, 0) is 62.3 Å². The topological polar surface area (TPSA) is 110 Å². The average molecular weight is 446 g/mol. The van der Waals surface area contributed by atoms with Gasteiger partial charge >= 0.3 is 0 Å². The van der Waals surface area contributed by atoms with Crippen LogP contribution in [0.1, 0.15) is 49.4 Å². The van der Waals surface area contributed by atoms with Crippen LogP contribution in [0.25, 0.3) is 0 Å². The number of nitrogens with one attached hydrogen (secondary N) is 1. The zero-order valence-corrected chi connectivity index (χ0v) is 18.7. The molecule has 0 bridgehead atoms. The predicted octanol–water partition coefficient (Wildman–Crippen LogP) is 3.51. The van der Waals surface area contributed by atoms with E-state index in [-0.39, 0.29) is 17.4 Å². The number of nitrogens with zero attached hydrogens (tertiary/aromatic N) is 2. The van der Waals surface area contributed by atoms with Crippen LogP contribution in [0.15, 0.2) is 42.5 Å². The SMILES string of the molecule is C[C@H](NC(=O)[C@H](C)N(c1cccc([N+](=O)[O-])c1)S(C)(=O)=O)c1ccc2c(c1)CCCC2. The molecule has 1 aliphatic carbocycles. The number of nitro benzene ring substituents is 1. The summed E-state index contributed by atoms with van der Waals surface area (Å²) in [4.78, 5) is 23.4. The Hall–Kier alpha value is -2.94. The Balaban J connectivity index is 1.82. The second kappa shape index (κ2) is 9.05.